The average Bonchev–Trinajstić information content (AvgIpc) is 3.37. The number of nitrogens with one attached hydrogen (secondary N) is 2. The Morgan fingerprint density at radius 2 is 1.91 bits per heavy atom. The summed E-state index contributed by atoms with van der Waals surface area (Å²) in [6, 6.07) is 18.5. The van der Waals surface area contributed by atoms with Gasteiger partial charge in [0.2, 0.25) is 0 Å². The number of benzene rings is 1. The first-order valence-electron chi connectivity index (χ1n) is 10.7. The maximum Gasteiger partial charge on any atom is 0.129 e. The normalized spacial score (nSPS) is 12.1. The van der Waals surface area contributed by atoms with Crippen molar-refractivity contribution >= 4 is 16.7 Å². The molecule has 0 aliphatic carbocycles. The first-order valence-corrected chi connectivity index (χ1v) is 10.7. The molecule has 32 heavy (non-hydrogen) atoms. The van der Waals surface area contributed by atoms with Gasteiger partial charge in [0.05, 0.1) is 11.2 Å². The number of aromatic nitrogens is 5. The summed E-state index contributed by atoms with van der Waals surface area (Å²) in [6.45, 7) is 4.91. The van der Waals surface area contributed by atoms with Crippen molar-refractivity contribution in [1.29, 1.82) is 0 Å². The van der Waals surface area contributed by atoms with Gasteiger partial charge in [-0.15, -0.1) is 0 Å². The largest absolute Gasteiger partial charge is 0.369 e. The molecule has 0 spiro atoms. The summed E-state index contributed by atoms with van der Waals surface area (Å²) in [5, 5.41) is 4.61. The SMILES string of the molecule is Cc1ccc(-c2cc(NC[C@@H](C)c3cccc4c(-c5ccc[nH]5)ccnc34)ncn2)cn1. The van der Waals surface area contributed by atoms with E-state index in [-0.39, 0.29) is 5.92 Å². The molecule has 0 bridgehead atoms. The van der Waals surface area contributed by atoms with E-state index in [9.17, 15) is 0 Å². The third-order valence-corrected chi connectivity index (χ3v) is 5.68. The molecule has 2 N–H and O–H groups in total. The standard InChI is InChI=1S/C26H24N6/c1-17(14-30-25-13-24(31-16-32-25)19-9-8-18(2)29-15-19)20-5-3-6-22-21(10-12-28-26(20)22)23-7-4-11-27-23/h3-13,15-17,27H,14H2,1-2H3,(H,30,31,32)/t17-/m1/s1. The molecule has 0 saturated carbocycles. The fourth-order valence-electron chi connectivity index (χ4n) is 3.93. The molecule has 0 radical (unpaired) electrons. The Morgan fingerprint density at radius 3 is 2.72 bits per heavy atom. The number of rotatable bonds is 6. The predicted molar refractivity (Wildman–Crippen MR) is 128 cm³/mol. The Morgan fingerprint density at radius 1 is 0.969 bits per heavy atom. The van der Waals surface area contributed by atoms with E-state index in [0.29, 0.717) is 0 Å². The minimum absolute atomic E-state index is 0.240. The summed E-state index contributed by atoms with van der Waals surface area (Å²) in [7, 11) is 0. The summed E-state index contributed by atoms with van der Waals surface area (Å²) in [4.78, 5) is 21.2. The van der Waals surface area contributed by atoms with Gasteiger partial charge in [-0.2, -0.15) is 0 Å². The minimum atomic E-state index is 0.240. The monoisotopic (exact) mass is 420 g/mol. The topological polar surface area (TPSA) is 79.4 Å². The van der Waals surface area contributed by atoms with Gasteiger partial charge in [0.15, 0.2) is 0 Å². The average molecular weight is 421 g/mol. The van der Waals surface area contributed by atoms with Crippen LogP contribution in [0.1, 0.15) is 24.1 Å². The summed E-state index contributed by atoms with van der Waals surface area (Å²) in [5.41, 5.74) is 7.31. The zero-order chi connectivity index (χ0) is 21.9. The van der Waals surface area contributed by atoms with Crippen molar-refractivity contribution in [3.63, 3.8) is 0 Å². The molecule has 1 atom stereocenters. The molecule has 5 rings (SSSR count). The Labute approximate surface area is 186 Å². The highest BCUT2D eigenvalue weighted by atomic mass is 15.0. The second-order valence-corrected chi connectivity index (χ2v) is 7.94. The van der Waals surface area contributed by atoms with E-state index in [2.05, 4.69) is 62.5 Å². The molecule has 4 aromatic heterocycles. The van der Waals surface area contributed by atoms with Gasteiger partial charge in [-0.05, 0) is 42.8 Å². The molecule has 0 unspecified atom stereocenters. The van der Waals surface area contributed by atoms with E-state index in [0.717, 1.165) is 51.5 Å². The first-order chi connectivity index (χ1) is 15.7. The molecule has 0 aliphatic rings. The van der Waals surface area contributed by atoms with Gasteiger partial charge >= 0.3 is 0 Å². The number of H-pyrrole nitrogens is 1. The lowest BCUT2D eigenvalue weighted by Crippen LogP contribution is -2.12. The maximum atomic E-state index is 4.71. The van der Waals surface area contributed by atoms with Gasteiger partial charge in [0.25, 0.3) is 0 Å². The van der Waals surface area contributed by atoms with E-state index in [1.54, 1.807) is 6.33 Å². The van der Waals surface area contributed by atoms with Crippen molar-refractivity contribution in [2.24, 2.45) is 0 Å². The Balaban J connectivity index is 1.38. The predicted octanol–water partition coefficient (Wildman–Crippen LogP) is 5.61. The van der Waals surface area contributed by atoms with Crippen molar-refractivity contribution in [2.75, 3.05) is 11.9 Å². The number of hydrogen-bond donors (Lipinski definition) is 2. The molecule has 5 aromatic rings. The number of aryl methyl sites for hydroxylation is 1. The fraction of sp³-hybridized carbons (Fsp3) is 0.154. The number of aromatic amines is 1. The van der Waals surface area contributed by atoms with Gasteiger partial charge in [-0.1, -0.05) is 25.1 Å². The summed E-state index contributed by atoms with van der Waals surface area (Å²) < 4.78 is 0. The van der Waals surface area contributed by atoms with Crippen LogP contribution in [0.5, 0.6) is 0 Å². The summed E-state index contributed by atoms with van der Waals surface area (Å²) in [6.07, 6.45) is 7.26. The highest BCUT2D eigenvalue weighted by Crippen LogP contribution is 2.31. The Hall–Kier alpha value is -4.06. The highest BCUT2D eigenvalue weighted by molar-refractivity contribution is 5.95. The van der Waals surface area contributed by atoms with Crippen LogP contribution in [0, 0.1) is 6.92 Å². The van der Waals surface area contributed by atoms with Crippen molar-refractivity contribution in [3.05, 3.63) is 90.8 Å². The first kappa shape index (κ1) is 19.9. The number of nitrogens with zero attached hydrogens (tertiary/aromatic N) is 4. The third kappa shape index (κ3) is 3.95. The van der Waals surface area contributed by atoms with Gasteiger partial charge in [0.1, 0.15) is 12.1 Å². The molecule has 1 aromatic carbocycles. The van der Waals surface area contributed by atoms with Gasteiger partial charge in [0, 0.05) is 65.0 Å². The molecular formula is C26H24N6. The lowest BCUT2D eigenvalue weighted by Gasteiger charge is -2.16. The molecule has 0 fully saturated rings. The molecule has 0 saturated heterocycles. The van der Waals surface area contributed by atoms with E-state index >= 15 is 0 Å². The van der Waals surface area contributed by atoms with Crippen LogP contribution in [-0.2, 0) is 0 Å². The number of anilines is 1. The number of para-hydroxylation sites is 1. The van der Waals surface area contributed by atoms with E-state index < -0.39 is 0 Å². The zero-order valence-electron chi connectivity index (χ0n) is 18.1. The van der Waals surface area contributed by atoms with Crippen LogP contribution in [0.15, 0.2) is 79.5 Å². The Kier molecular flexibility index (Phi) is 5.34. The van der Waals surface area contributed by atoms with Crippen LogP contribution in [0.25, 0.3) is 33.4 Å². The van der Waals surface area contributed by atoms with Crippen LogP contribution in [-0.4, -0.2) is 31.5 Å². The lowest BCUT2D eigenvalue weighted by atomic mass is 9.95. The van der Waals surface area contributed by atoms with Crippen molar-refractivity contribution < 1.29 is 0 Å². The number of pyridine rings is 2. The second kappa shape index (κ2) is 8.59. The summed E-state index contributed by atoms with van der Waals surface area (Å²) in [5.74, 6) is 1.03. The van der Waals surface area contributed by atoms with Crippen molar-refractivity contribution in [1.82, 2.24) is 24.9 Å². The zero-order valence-corrected chi connectivity index (χ0v) is 18.1. The molecule has 0 aliphatic heterocycles. The van der Waals surface area contributed by atoms with E-state index in [4.69, 9.17) is 4.98 Å². The van der Waals surface area contributed by atoms with Crippen LogP contribution in [0.3, 0.4) is 0 Å². The maximum absolute atomic E-state index is 4.71. The Bertz CT molecular complexity index is 1340. The molecule has 4 heterocycles. The van der Waals surface area contributed by atoms with Crippen LogP contribution >= 0.6 is 0 Å². The smallest absolute Gasteiger partial charge is 0.129 e. The van der Waals surface area contributed by atoms with Crippen molar-refractivity contribution in [2.45, 2.75) is 19.8 Å². The molecule has 6 nitrogen and oxygen atoms in total. The molecule has 6 heteroatoms. The van der Waals surface area contributed by atoms with Gasteiger partial charge in [-0.25, -0.2) is 9.97 Å². The van der Waals surface area contributed by atoms with Crippen LogP contribution in [0.4, 0.5) is 5.82 Å². The van der Waals surface area contributed by atoms with Crippen molar-refractivity contribution in [3.8, 4) is 22.5 Å². The third-order valence-electron chi connectivity index (χ3n) is 5.68. The minimum Gasteiger partial charge on any atom is -0.369 e. The van der Waals surface area contributed by atoms with E-state index in [1.165, 1.54) is 5.56 Å². The quantitative estimate of drug-likeness (QED) is 0.373. The van der Waals surface area contributed by atoms with E-state index in [1.807, 2.05) is 49.8 Å². The fourth-order valence-corrected chi connectivity index (χ4v) is 3.93. The van der Waals surface area contributed by atoms with Crippen LogP contribution < -0.4 is 5.32 Å². The molecule has 158 valence electrons. The van der Waals surface area contributed by atoms with Gasteiger partial charge < -0.3 is 10.3 Å². The second-order valence-electron chi connectivity index (χ2n) is 7.94. The summed E-state index contributed by atoms with van der Waals surface area (Å²) >= 11 is 0. The highest BCUT2D eigenvalue weighted by Gasteiger charge is 2.14. The van der Waals surface area contributed by atoms with Gasteiger partial charge in [-0.3, -0.25) is 9.97 Å². The molecule has 0 amide bonds. The van der Waals surface area contributed by atoms with Crippen LogP contribution in [0.2, 0.25) is 0 Å². The molecular weight excluding hydrogens is 396 g/mol. The lowest BCUT2D eigenvalue weighted by molar-refractivity contribution is 0.806. The number of fused-ring (bicyclic) bond motifs is 1. The number of hydrogen-bond acceptors (Lipinski definition) is 5.